The van der Waals surface area contributed by atoms with Crippen LogP contribution in [-0.4, -0.2) is 36.3 Å². The first-order chi connectivity index (χ1) is 8.22. The summed E-state index contributed by atoms with van der Waals surface area (Å²) in [5, 5.41) is 0. The van der Waals surface area contributed by atoms with Crippen molar-refractivity contribution in [2.75, 3.05) is 31.2 Å². The number of nitrogens with one attached hydrogen (secondary N) is 1. The summed E-state index contributed by atoms with van der Waals surface area (Å²) in [7, 11) is 0. The number of aromatic amines is 1. The van der Waals surface area contributed by atoms with Gasteiger partial charge in [0.25, 0.3) is 0 Å². The highest BCUT2D eigenvalue weighted by Gasteiger charge is 2.19. The largest absolute Gasteiger partial charge is 0.460 e. The lowest BCUT2D eigenvalue weighted by Crippen LogP contribution is -2.38. The van der Waals surface area contributed by atoms with Gasteiger partial charge >= 0.3 is 5.69 Å². The van der Waals surface area contributed by atoms with Crippen LogP contribution >= 0.6 is 0 Å². The Morgan fingerprint density at radius 3 is 2.88 bits per heavy atom. The molecule has 1 saturated heterocycles. The van der Waals surface area contributed by atoms with Crippen LogP contribution in [0.2, 0.25) is 0 Å². The van der Waals surface area contributed by atoms with E-state index in [9.17, 15) is 4.79 Å². The third-order valence-electron chi connectivity index (χ3n) is 2.56. The average molecular weight is 237 g/mol. The van der Waals surface area contributed by atoms with Gasteiger partial charge in [0, 0.05) is 13.1 Å². The molecule has 1 fully saturated rings. The van der Waals surface area contributed by atoms with Gasteiger partial charge < -0.3 is 19.4 Å². The number of aryl methyl sites for hydroxylation is 1. The van der Waals surface area contributed by atoms with E-state index in [-0.39, 0.29) is 5.69 Å². The Morgan fingerprint density at radius 1 is 1.53 bits per heavy atom. The van der Waals surface area contributed by atoms with E-state index >= 15 is 0 Å². The molecule has 17 heavy (non-hydrogen) atoms. The Labute approximate surface area is 98.9 Å². The summed E-state index contributed by atoms with van der Waals surface area (Å²) in [5.41, 5.74) is 0.270. The van der Waals surface area contributed by atoms with E-state index in [4.69, 9.17) is 9.47 Å². The molecule has 0 aliphatic carbocycles. The second-order valence-electron chi connectivity index (χ2n) is 3.70. The fourth-order valence-corrected chi connectivity index (χ4v) is 1.77. The van der Waals surface area contributed by atoms with Crippen molar-refractivity contribution in [1.29, 1.82) is 0 Å². The zero-order chi connectivity index (χ0) is 12.3. The molecule has 1 aliphatic rings. The van der Waals surface area contributed by atoms with Crippen LogP contribution in [0.5, 0.6) is 5.75 Å². The molecule has 0 atom stereocenters. The first-order valence-electron chi connectivity index (χ1n) is 5.43. The van der Waals surface area contributed by atoms with Gasteiger partial charge in [-0.2, -0.15) is 4.98 Å². The highest BCUT2D eigenvalue weighted by Crippen LogP contribution is 2.27. The first-order valence-corrected chi connectivity index (χ1v) is 5.43. The highest BCUT2D eigenvalue weighted by molar-refractivity contribution is 5.54. The normalized spacial score (nSPS) is 15.7. The number of rotatable bonds is 3. The summed E-state index contributed by atoms with van der Waals surface area (Å²) in [5.74, 6) is 1.09. The van der Waals surface area contributed by atoms with Crippen LogP contribution < -0.4 is 15.3 Å². The molecule has 1 aliphatic heterocycles. The van der Waals surface area contributed by atoms with Crippen LogP contribution in [0, 0.1) is 6.92 Å². The average Bonchev–Trinajstić information content (AvgIpc) is 2.33. The number of hydrogen-bond acceptors (Lipinski definition) is 5. The van der Waals surface area contributed by atoms with Gasteiger partial charge in [-0.3, -0.25) is 0 Å². The maximum atomic E-state index is 11.4. The molecule has 0 spiro atoms. The highest BCUT2D eigenvalue weighted by atomic mass is 16.5. The van der Waals surface area contributed by atoms with Gasteiger partial charge in [0.2, 0.25) is 0 Å². The lowest BCUT2D eigenvalue weighted by molar-refractivity contribution is 0.122. The molecule has 1 N–H and O–H groups in total. The van der Waals surface area contributed by atoms with E-state index in [2.05, 4.69) is 16.5 Å². The Hall–Kier alpha value is -1.82. The summed E-state index contributed by atoms with van der Waals surface area (Å²) in [6.45, 7) is 7.94. The van der Waals surface area contributed by atoms with Gasteiger partial charge in [-0.25, -0.2) is 4.79 Å². The van der Waals surface area contributed by atoms with Gasteiger partial charge in [0.15, 0.2) is 11.6 Å². The van der Waals surface area contributed by atoms with Crippen molar-refractivity contribution >= 4 is 5.82 Å². The second kappa shape index (κ2) is 5.01. The maximum Gasteiger partial charge on any atom is 0.347 e. The zero-order valence-electron chi connectivity index (χ0n) is 9.73. The molecule has 2 rings (SSSR count). The van der Waals surface area contributed by atoms with Gasteiger partial charge in [-0.1, -0.05) is 6.58 Å². The minimum absolute atomic E-state index is 0.375. The number of nitrogens with zero attached hydrogens (tertiary/aromatic N) is 2. The van der Waals surface area contributed by atoms with Crippen molar-refractivity contribution in [3.63, 3.8) is 0 Å². The Balaban J connectivity index is 2.41. The second-order valence-corrected chi connectivity index (χ2v) is 3.70. The van der Waals surface area contributed by atoms with Crippen LogP contribution in [0.4, 0.5) is 5.82 Å². The summed E-state index contributed by atoms with van der Waals surface area (Å²) >= 11 is 0. The number of aromatic nitrogens is 2. The molecular formula is C11H15N3O3. The zero-order valence-corrected chi connectivity index (χ0v) is 9.73. The van der Waals surface area contributed by atoms with Gasteiger partial charge in [0.1, 0.15) is 0 Å². The first kappa shape index (κ1) is 11.7. The third-order valence-corrected chi connectivity index (χ3v) is 2.56. The summed E-state index contributed by atoms with van der Waals surface area (Å²) in [4.78, 5) is 19.9. The molecule has 0 saturated carbocycles. The van der Waals surface area contributed by atoms with Crippen molar-refractivity contribution in [3.05, 3.63) is 29.0 Å². The van der Waals surface area contributed by atoms with E-state index in [1.54, 1.807) is 6.92 Å². The van der Waals surface area contributed by atoms with Crippen LogP contribution in [0.25, 0.3) is 0 Å². The van der Waals surface area contributed by atoms with Crippen molar-refractivity contribution < 1.29 is 9.47 Å². The smallest absolute Gasteiger partial charge is 0.347 e. The van der Waals surface area contributed by atoms with Crippen molar-refractivity contribution in [2.45, 2.75) is 6.92 Å². The Kier molecular flexibility index (Phi) is 3.43. The van der Waals surface area contributed by atoms with E-state index in [0.717, 1.165) is 0 Å². The topological polar surface area (TPSA) is 67.5 Å². The summed E-state index contributed by atoms with van der Waals surface area (Å²) < 4.78 is 10.6. The van der Waals surface area contributed by atoms with Crippen LogP contribution in [0.3, 0.4) is 0 Å². The Morgan fingerprint density at radius 2 is 2.24 bits per heavy atom. The molecule has 2 heterocycles. The number of hydrogen-bond donors (Lipinski definition) is 1. The standard InChI is InChI=1S/C11H15N3O3/c1-3-17-9-8(2)12-11(15)13-10(9)14-4-6-16-7-5-14/h3H,1,4-7H2,2H3,(H,12,13,15). The predicted octanol–water partition coefficient (Wildman–Crippen LogP) is 0.437. The summed E-state index contributed by atoms with van der Waals surface area (Å²) in [6, 6.07) is 0. The SMILES string of the molecule is C=COc1c(N2CCOCC2)nc(=O)[nH]c1C. The van der Waals surface area contributed by atoms with Crippen molar-refractivity contribution in [3.8, 4) is 5.75 Å². The molecule has 0 bridgehead atoms. The van der Waals surface area contributed by atoms with E-state index in [0.29, 0.717) is 43.6 Å². The molecule has 0 aromatic carbocycles. The molecular weight excluding hydrogens is 222 g/mol. The van der Waals surface area contributed by atoms with Crippen LogP contribution in [0.1, 0.15) is 5.69 Å². The fraction of sp³-hybridized carbons (Fsp3) is 0.455. The number of anilines is 1. The van der Waals surface area contributed by atoms with Crippen LogP contribution in [-0.2, 0) is 4.74 Å². The molecule has 1 aromatic heterocycles. The fourth-order valence-electron chi connectivity index (χ4n) is 1.77. The molecule has 0 amide bonds. The summed E-state index contributed by atoms with van der Waals surface area (Å²) in [6.07, 6.45) is 1.33. The van der Waals surface area contributed by atoms with Gasteiger partial charge in [-0.15, -0.1) is 0 Å². The molecule has 1 aromatic rings. The lowest BCUT2D eigenvalue weighted by atomic mass is 10.3. The number of H-pyrrole nitrogens is 1. The van der Waals surface area contributed by atoms with Crippen molar-refractivity contribution in [2.24, 2.45) is 0 Å². The predicted molar refractivity (Wildman–Crippen MR) is 63.5 cm³/mol. The molecule has 0 radical (unpaired) electrons. The number of ether oxygens (including phenoxy) is 2. The molecule has 92 valence electrons. The quantitative estimate of drug-likeness (QED) is 0.772. The molecule has 6 nitrogen and oxygen atoms in total. The minimum Gasteiger partial charge on any atom is -0.460 e. The molecule has 6 heteroatoms. The number of morpholine rings is 1. The van der Waals surface area contributed by atoms with E-state index in [1.807, 2.05) is 4.90 Å². The monoisotopic (exact) mass is 237 g/mol. The van der Waals surface area contributed by atoms with Crippen molar-refractivity contribution in [1.82, 2.24) is 9.97 Å². The van der Waals surface area contributed by atoms with Gasteiger partial charge in [0.05, 0.1) is 25.2 Å². The third kappa shape index (κ3) is 2.47. The van der Waals surface area contributed by atoms with Crippen LogP contribution in [0.15, 0.2) is 17.6 Å². The van der Waals surface area contributed by atoms with Gasteiger partial charge in [-0.05, 0) is 6.92 Å². The lowest BCUT2D eigenvalue weighted by Gasteiger charge is -2.28. The van der Waals surface area contributed by atoms with E-state index in [1.165, 1.54) is 6.26 Å². The maximum absolute atomic E-state index is 11.4. The minimum atomic E-state index is -0.375. The molecule has 0 unspecified atom stereocenters. The Bertz CT molecular complexity index is 464. The van der Waals surface area contributed by atoms with E-state index < -0.39 is 0 Å².